The minimum atomic E-state index is 0.641. The minimum absolute atomic E-state index is 0.641. The molecule has 0 N–H and O–H groups in total. The molecule has 0 unspecified atom stereocenters. The van der Waals surface area contributed by atoms with Crippen molar-refractivity contribution in [3.63, 3.8) is 0 Å². The van der Waals surface area contributed by atoms with E-state index in [1.807, 2.05) is 12.2 Å². The number of carbonyl (C=O) groups excluding carboxylic acids is 1. The zero-order valence-electron chi connectivity index (χ0n) is 18.6. The molecule has 3 aliphatic heterocycles. The van der Waals surface area contributed by atoms with Crippen LogP contribution in [0.2, 0.25) is 0 Å². The summed E-state index contributed by atoms with van der Waals surface area (Å²) >= 11 is 6.45. The molecule has 0 amide bonds. The highest BCUT2D eigenvalue weighted by molar-refractivity contribution is 6.45. The van der Waals surface area contributed by atoms with E-state index in [-0.39, 0.29) is 0 Å². The number of morpholine rings is 1. The highest BCUT2D eigenvalue weighted by Gasteiger charge is 2.29. The molecule has 0 radical (unpaired) electrons. The van der Waals surface area contributed by atoms with Gasteiger partial charge in [0.2, 0.25) is 0 Å². The zero-order chi connectivity index (χ0) is 21.9. The van der Waals surface area contributed by atoms with Gasteiger partial charge in [0.15, 0.2) is 0 Å². The molecule has 0 aromatic heterocycles. The van der Waals surface area contributed by atoms with E-state index in [4.69, 9.17) is 25.5 Å². The molecular formula is C26H30ClN2O3+. The molecule has 5 rings (SSSR count). The first-order valence-electron chi connectivity index (χ1n) is 11.5. The number of hydrogen-bond acceptors (Lipinski definition) is 4. The molecule has 0 atom stereocenters. The lowest BCUT2D eigenvalue weighted by atomic mass is 9.88. The van der Waals surface area contributed by atoms with Crippen molar-refractivity contribution in [1.82, 2.24) is 9.80 Å². The van der Waals surface area contributed by atoms with Crippen molar-refractivity contribution in [1.29, 1.82) is 0 Å². The second kappa shape index (κ2) is 9.65. The fourth-order valence-corrected chi connectivity index (χ4v) is 5.08. The number of allylic oxidation sites excluding steroid dienone is 5. The van der Waals surface area contributed by atoms with Gasteiger partial charge in [-0.25, -0.2) is 0 Å². The van der Waals surface area contributed by atoms with E-state index in [0.29, 0.717) is 10.8 Å². The highest BCUT2D eigenvalue weighted by atomic mass is 35.5. The quantitative estimate of drug-likeness (QED) is 0.498. The van der Waals surface area contributed by atoms with Crippen LogP contribution in [-0.2, 0) is 9.16 Å². The van der Waals surface area contributed by atoms with Gasteiger partial charge < -0.3 is 14.4 Å². The number of hydrogen-bond donors (Lipinski definition) is 0. The number of nitrogens with zero attached hydrogens (tertiary/aromatic N) is 2. The van der Waals surface area contributed by atoms with Crippen molar-refractivity contribution in [2.75, 3.05) is 59.7 Å². The Labute approximate surface area is 194 Å². The summed E-state index contributed by atoms with van der Waals surface area (Å²) in [5, 5.41) is 0.641. The fraction of sp³-hybridized carbons (Fsp3) is 0.423. The van der Waals surface area contributed by atoms with E-state index < -0.39 is 0 Å². The number of benzene rings is 1. The van der Waals surface area contributed by atoms with Crippen LogP contribution >= 0.6 is 11.6 Å². The number of rotatable bonds is 5. The molecule has 168 valence electrons. The lowest BCUT2D eigenvalue weighted by Gasteiger charge is -2.33. The molecular weight excluding hydrogens is 424 g/mol. The smallest absolute Gasteiger partial charge is 0.361 e. The van der Waals surface area contributed by atoms with E-state index in [2.05, 4.69) is 40.2 Å². The van der Waals surface area contributed by atoms with E-state index in [1.54, 1.807) is 7.11 Å². The van der Waals surface area contributed by atoms with Gasteiger partial charge in [-0.05, 0) is 53.8 Å². The van der Waals surface area contributed by atoms with Crippen LogP contribution in [-0.4, -0.2) is 75.2 Å². The van der Waals surface area contributed by atoms with Crippen molar-refractivity contribution >= 4 is 28.7 Å². The lowest BCUT2D eigenvalue weighted by Crippen LogP contribution is -2.37. The fourth-order valence-electron chi connectivity index (χ4n) is 4.82. The molecule has 3 heterocycles. The Morgan fingerprint density at radius 1 is 1.12 bits per heavy atom. The minimum Gasteiger partial charge on any atom is -0.494 e. The van der Waals surface area contributed by atoms with Gasteiger partial charge in [-0.1, -0.05) is 23.7 Å². The van der Waals surface area contributed by atoms with Crippen LogP contribution in [0.1, 0.15) is 24.0 Å². The second-order valence-corrected chi connectivity index (χ2v) is 8.90. The molecule has 1 aromatic rings. The van der Waals surface area contributed by atoms with Gasteiger partial charge in [-0.2, -0.15) is 0 Å². The van der Waals surface area contributed by atoms with Crippen LogP contribution in [0.15, 0.2) is 53.1 Å². The first kappa shape index (κ1) is 21.5. The van der Waals surface area contributed by atoms with Crippen LogP contribution in [0, 0.1) is 0 Å². The number of fused-ring (bicyclic) bond motifs is 3. The van der Waals surface area contributed by atoms with Crippen molar-refractivity contribution < 1.29 is 13.9 Å². The highest BCUT2D eigenvalue weighted by Crippen LogP contribution is 2.41. The predicted molar refractivity (Wildman–Crippen MR) is 129 cm³/mol. The third kappa shape index (κ3) is 4.42. The van der Waals surface area contributed by atoms with E-state index in [9.17, 15) is 0 Å². The number of ether oxygens (including phenoxy) is 2. The summed E-state index contributed by atoms with van der Waals surface area (Å²) in [6.07, 6.45) is 10.5. The molecule has 0 bridgehead atoms. The lowest BCUT2D eigenvalue weighted by molar-refractivity contribution is -0.418. The molecule has 4 aliphatic rings. The standard InChI is InChI=1S/C26H30ClN2O3/c1-30-26-8-5-19(16-24(26)27)23-18-29-10-2-4-25(29)22-17-20(6-7-21(22)23)32-13-3-9-28-11-14-31-15-12-28/h4-8,16-17H,2-3,9-15,18H2,1H3/q+1. The van der Waals surface area contributed by atoms with Gasteiger partial charge >= 0.3 is 5.78 Å². The van der Waals surface area contributed by atoms with Crippen molar-refractivity contribution in [2.24, 2.45) is 0 Å². The zero-order valence-corrected chi connectivity index (χ0v) is 19.4. The van der Waals surface area contributed by atoms with Crippen molar-refractivity contribution in [3.05, 3.63) is 64.2 Å². The van der Waals surface area contributed by atoms with Gasteiger partial charge in [0.1, 0.15) is 10.8 Å². The summed E-state index contributed by atoms with van der Waals surface area (Å²) < 4.78 is 16.9. The van der Waals surface area contributed by atoms with Crippen LogP contribution in [0.3, 0.4) is 0 Å². The normalized spacial score (nSPS) is 24.3. The Hall–Kier alpha value is -2.34. The number of ketones is 1. The van der Waals surface area contributed by atoms with Crippen LogP contribution in [0.4, 0.5) is 0 Å². The van der Waals surface area contributed by atoms with E-state index >= 15 is 0 Å². The maximum Gasteiger partial charge on any atom is 0.361 e. The average molecular weight is 454 g/mol. The third-order valence-corrected chi connectivity index (χ3v) is 6.81. The first-order valence-corrected chi connectivity index (χ1v) is 11.8. The van der Waals surface area contributed by atoms with Crippen LogP contribution in [0.5, 0.6) is 5.75 Å². The Bertz CT molecular complexity index is 1030. The Morgan fingerprint density at radius 2 is 2.00 bits per heavy atom. The monoisotopic (exact) mass is 453 g/mol. The third-order valence-electron chi connectivity index (χ3n) is 6.51. The molecule has 5 nitrogen and oxygen atoms in total. The number of halogens is 1. The predicted octanol–water partition coefficient (Wildman–Crippen LogP) is 4.03. The maximum absolute atomic E-state index is 6.45. The summed E-state index contributed by atoms with van der Waals surface area (Å²) in [5.41, 5.74) is 6.27. The van der Waals surface area contributed by atoms with Gasteiger partial charge in [0.25, 0.3) is 7.11 Å². The molecule has 1 aromatic carbocycles. The van der Waals surface area contributed by atoms with Gasteiger partial charge in [0.05, 0.1) is 19.8 Å². The van der Waals surface area contributed by atoms with Gasteiger partial charge in [0, 0.05) is 50.1 Å². The van der Waals surface area contributed by atoms with Gasteiger partial charge in [-0.15, -0.1) is 0 Å². The summed E-state index contributed by atoms with van der Waals surface area (Å²) in [6.45, 7) is 7.46. The molecule has 6 heteroatoms. The summed E-state index contributed by atoms with van der Waals surface area (Å²) in [7, 11) is 1.65. The van der Waals surface area contributed by atoms with Crippen LogP contribution in [0.25, 0.3) is 11.3 Å². The van der Waals surface area contributed by atoms with Crippen molar-refractivity contribution in [2.45, 2.75) is 12.8 Å². The van der Waals surface area contributed by atoms with Gasteiger partial charge in [-0.3, -0.25) is 9.32 Å². The molecule has 0 spiro atoms. The molecule has 1 aliphatic carbocycles. The summed E-state index contributed by atoms with van der Waals surface area (Å²) in [4.78, 5) is 4.90. The largest absolute Gasteiger partial charge is 0.494 e. The summed E-state index contributed by atoms with van der Waals surface area (Å²) in [5.74, 6) is 1.64. The summed E-state index contributed by atoms with van der Waals surface area (Å²) in [6, 6.07) is 6.51. The second-order valence-electron chi connectivity index (χ2n) is 8.49. The molecule has 1 fully saturated rings. The Kier molecular flexibility index (Phi) is 6.49. The Morgan fingerprint density at radius 3 is 2.81 bits per heavy atom. The van der Waals surface area contributed by atoms with E-state index in [1.165, 1.54) is 22.4 Å². The Balaban J connectivity index is 1.36. The molecule has 0 saturated carbocycles. The van der Waals surface area contributed by atoms with Crippen LogP contribution < -0.4 is 4.74 Å². The topological polar surface area (TPSA) is 36.2 Å². The first-order chi connectivity index (χ1) is 15.7. The SMILES string of the molecule is C[O+]=C1C=CC(=C2CN3CCC=C3c3cc(OCCCN4CCOCC4)ccc32)C=C1Cl. The molecule has 32 heavy (non-hydrogen) atoms. The van der Waals surface area contributed by atoms with E-state index in [0.717, 1.165) is 76.7 Å². The van der Waals surface area contributed by atoms with Crippen molar-refractivity contribution in [3.8, 4) is 5.75 Å². The molecule has 1 saturated heterocycles. The maximum atomic E-state index is 6.45. The average Bonchev–Trinajstić information content (AvgIpc) is 3.31.